The van der Waals surface area contributed by atoms with Crippen molar-refractivity contribution in [2.45, 2.75) is 24.9 Å². The molecule has 4 nitrogen and oxygen atoms in total. The first kappa shape index (κ1) is 13.3. The average molecular weight is 268 g/mol. The highest BCUT2D eigenvalue weighted by atomic mass is 35.5. The molecule has 98 valence electrons. The molecule has 0 aliphatic carbocycles. The van der Waals surface area contributed by atoms with E-state index in [4.69, 9.17) is 23.1 Å². The van der Waals surface area contributed by atoms with Gasteiger partial charge in [0.2, 0.25) is 5.91 Å². The minimum Gasteiger partial charge on any atom is -0.368 e. The molecular weight excluding hydrogens is 250 g/mol. The number of nitrogens with two attached hydrogens (primary N) is 2. The van der Waals surface area contributed by atoms with Crippen molar-refractivity contribution in [2.75, 3.05) is 13.1 Å². The van der Waals surface area contributed by atoms with Gasteiger partial charge in [0, 0.05) is 17.6 Å². The number of hydrogen-bond donors (Lipinski definition) is 2. The van der Waals surface area contributed by atoms with Crippen molar-refractivity contribution in [3.8, 4) is 0 Å². The summed E-state index contributed by atoms with van der Waals surface area (Å²) in [7, 11) is 0. The Balaban J connectivity index is 2.25. The third-order valence-corrected chi connectivity index (χ3v) is 3.71. The SMILES string of the molecule is NCC(c1cccc(Cl)c1)N1CCCC1C(N)=O. The van der Waals surface area contributed by atoms with Gasteiger partial charge in [0.1, 0.15) is 0 Å². The second-order valence-electron chi connectivity index (χ2n) is 4.60. The van der Waals surface area contributed by atoms with E-state index in [1.807, 2.05) is 24.3 Å². The first-order chi connectivity index (χ1) is 8.63. The van der Waals surface area contributed by atoms with Crippen LogP contribution in [-0.2, 0) is 4.79 Å². The van der Waals surface area contributed by atoms with Crippen LogP contribution in [0.3, 0.4) is 0 Å². The van der Waals surface area contributed by atoms with Crippen molar-refractivity contribution in [3.63, 3.8) is 0 Å². The third-order valence-electron chi connectivity index (χ3n) is 3.48. The van der Waals surface area contributed by atoms with Gasteiger partial charge in [-0.05, 0) is 37.1 Å². The zero-order valence-corrected chi connectivity index (χ0v) is 10.9. The van der Waals surface area contributed by atoms with E-state index in [2.05, 4.69) is 4.90 Å². The van der Waals surface area contributed by atoms with E-state index in [9.17, 15) is 4.79 Å². The lowest BCUT2D eigenvalue weighted by Gasteiger charge is -2.31. The Kier molecular flexibility index (Phi) is 4.22. The van der Waals surface area contributed by atoms with Crippen molar-refractivity contribution < 1.29 is 4.79 Å². The third kappa shape index (κ3) is 2.66. The van der Waals surface area contributed by atoms with E-state index in [0.29, 0.717) is 11.6 Å². The van der Waals surface area contributed by atoms with Gasteiger partial charge in [0.25, 0.3) is 0 Å². The Morgan fingerprint density at radius 2 is 2.33 bits per heavy atom. The minimum absolute atomic E-state index is 0.00343. The molecule has 1 amide bonds. The van der Waals surface area contributed by atoms with Crippen LogP contribution >= 0.6 is 11.6 Å². The fourth-order valence-corrected chi connectivity index (χ4v) is 2.84. The average Bonchev–Trinajstić information content (AvgIpc) is 2.79. The molecule has 0 spiro atoms. The predicted octanol–water partition coefficient (Wildman–Crippen LogP) is 1.29. The van der Waals surface area contributed by atoms with Gasteiger partial charge in [-0.15, -0.1) is 0 Å². The smallest absolute Gasteiger partial charge is 0.234 e. The van der Waals surface area contributed by atoms with Gasteiger partial charge in [-0.3, -0.25) is 9.69 Å². The van der Waals surface area contributed by atoms with Gasteiger partial charge in [-0.1, -0.05) is 23.7 Å². The highest BCUT2D eigenvalue weighted by molar-refractivity contribution is 6.30. The van der Waals surface area contributed by atoms with Crippen molar-refractivity contribution >= 4 is 17.5 Å². The molecular formula is C13H18ClN3O. The topological polar surface area (TPSA) is 72.3 Å². The predicted molar refractivity (Wildman–Crippen MR) is 72.2 cm³/mol. The monoisotopic (exact) mass is 267 g/mol. The molecule has 2 atom stereocenters. The second kappa shape index (κ2) is 5.69. The Bertz CT molecular complexity index is 438. The summed E-state index contributed by atoms with van der Waals surface area (Å²) < 4.78 is 0. The lowest BCUT2D eigenvalue weighted by atomic mass is 10.0. The standard InChI is InChI=1S/C13H18ClN3O/c14-10-4-1-3-9(7-10)12(8-15)17-6-2-5-11(17)13(16)18/h1,3-4,7,11-12H,2,5-6,8,15H2,(H2,16,18). The number of carbonyl (C=O) groups excluding carboxylic acids is 1. The molecule has 1 aromatic rings. The van der Waals surface area contributed by atoms with E-state index in [1.165, 1.54) is 0 Å². The van der Waals surface area contributed by atoms with Crippen LogP contribution in [0.1, 0.15) is 24.4 Å². The van der Waals surface area contributed by atoms with Crippen LogP contribution in [0.4, 0.5) is 0 Å². The summed E-state index contributed by atoms with van der Waals surface area (Å²) in [6, 6.07) is 7.40. The fraction of sp³-hybridized carbons (Fsp3) is 0.462. The molecule has 1 aliphatic heterocycles. The van der Waals surface area contributed by atoms with Crippen LogP contribution in [0, 0.1) is 0 Å². The molecule has 2 unspecified atom stereocenters. The summed E-state index contributed by atoms with van der Waals surface area (Å²) in [5, 5.41) is 0.681. The summed E-state index contributed by atoms with van der Waals surface area (Å²) in [5.74, 6) is -0.270. The van der Waals surface area contributed by atoms with E-state index in [1.54, 1.807) is 0 Å². The van der Waals surface area contributed by atoms with Gasteiger partial charge in [0.15, 0.2) is 0 Å². The normalized spacial score (nSPS) is 22.0. The lowest BCUT2D eigenvalue weighted by molar-refractivity contribution is -0.122. The molecule has 5 heteroatoms. The molecule has 1 fully saturated rings. The van der Waals surface area contributed by atoms with Crippen LogP contribution in [-0.4, -0.2) is 29.9 Å². The first-order valence-corrected chi connectivity index (χ1v) is 6.52. The summed E-state index contributed by atoms with van der Waals surface area (Å²) in [4.78, 5) is 13.5. The van der Waals surface area contributed by atoms with E-state index in [0.717, 1.165) is 24.9 Å². The molecule has 1 heterocycles. The van der Waals surface area contributed by atoms with Crippen LogP contribution < -0.4 is 11.5 Å². The molecule has 1 aliphatic rings. The van der Waals surface area contributed by atoms with Crippen molar-refractivity contribution in [3.05, 3.63) is 34.9 Å². The Labute approximate surface area is 112 Å². The lowest BCUT2D eigenvalue weighted by Crippen LogP contribution is -2.44. The fourth-order valence-electron chi connectivity index (χ4n) is 2.64. The molecule has 4 N–H and O–H groups in total. The van der Waals surface area contributed by atoms with Gasteiger partial charge in [-0.25, -0.2) is 0 Å². The Morgan fingerprint density at radius 1 is 1.56 bits per heavy atom. The largest absolute Gasteiger partial charge is 0.368 e. The zero-order chi connectivity index (χ0) is 13.1. The Hall–Kier alpha value is -1.10. The second-order valence-corrected chi connectivity index (χ2v) is 5.04. The number of benzene rings is 1. The summed E-state index contributed by atoms with van der Waals surface area (Å²) in [6.07, 6.45) is 1.79. The maximum Gasteiger partial charge on any atom is 0.234 e. The van der Waals surface area contributed by atoms with E-state index < -0.39 is 0 Å². The molecule has 0 saturated carbocycles. The van der Waals surface area contributed by atoms with Crippen molar-refractivity contribution in [1.82, 2.24) is 4.90 Å². The number of rotatable bonds is 4. The molecule has 18 heavy (non-hydrogen) atoms. The van der Waals surface area contributed by atoms with Crippen LogP contribution in [0.15, 0.2) is 24.3 Å². The number of amides is 1. The van der Waals surface area contributed by atoms with Crippen LogP contribution in [0.25, 0.3) is 0 Å². The molecule has 1 saturated heterocycles. The van der Waals surface area contributed by atoms with E-state index in [-0.39, 0.29) is 18.0 Å². The maximum absolute atomic E-state index is 11.4. The Morgan fingerprint density at radius 3 is 2.94 bits per heavy atom. The first-order valence-electron chi connectivity index (χ1n) is 6.14. The molecule has 0 aromatic heterocycles. The highest BCUT2D eigenvalue weighted by Gasteiger charge is 2.34. The van der Waals surface area contributed by atoms with Crippen LogP contribution in [0.5, 0.6) is 0 Å². The van der Waals surface area contributed by atoms with Gasteiger partial charge in [-0.2, -0.15) is 0 Å². The quantitative estimate of drug-likeness (QED) is 0.863. The number of halogens is 1. The maximum atomic E-state index is 11.4. The van der Waals surface area contributed by atoms with Gasteiger partial charge < -0.3 is 11.5 Å². The van der Waals surface area contributed by atoms with Gasteiger partial charge >= 0.3 is 0 Å². The summed E-state index contributed by atoms with van der Waals surface area (Å²) in [5.41, 5.74) is 12.3. The zero-order valence-electron chi connectivity index (χ0n) is 10.2. The highest BCUT2D eigenvalue weighted by Crippen LogP contribution is 2.29. The number of primary amides is 1. The van der Waals surface area contributed by atoms with E-state index >= 15 is 0 Å². The minimum atomic E-state index is -0.270. The molecule has 1 aromatic carbocycles. The summed E-state index contributed by atoms with van der Waals surface area (Å²) in [6.45, 7) is 1.30. The van der Waals surface area contributed by atoms with Gasteiger partial charge in [0.05, 0.1) is 6.04 Å². The summed E-state index contributed by atoms with van der Waals surface area (Å²) >= 11 is 6.00. The molecule has 0 radical (unpaired) electrons. The van der Waals surface area contributed by atoms with Crippen molar-refractivity contribution in [2.24, 2.45) is 11.5 Å². The van der Waals surface area contributed by atoms with Crippen molar-refractivity contribution in [1.29, 1.82) is 0 Å². The number of carbonyl (C=O) groups is 1. The number of hydrogen-bond acceptors (Lipinski definition) is 3. The molecule has 2 rings (SSSR count). The number of nitrogens with zero attached hydrogens (tertiary/aromatic N) is 1. The number of likely N-dealkylation sites (tertiary alicyclic amines) is 1. The van der Waals surface area contributed by atoms with Crippen LogP contribution in [0.2, 0.25) is 5.02 Å². The molecule has 0 bridgehead atoms.